The summed E-state index contributed by atoms with van der Waals surface area (Å²) in [6.45, 7) is 11.1. The van der Waals surface area contributed by atoms with E-state index < -0.39 is 0 Å². The topological polar surface area (TPSA) is 24.5 Å². The Morgan fingerprint density at radius 3 is 2.59 bits per heavy atom. The lowest BCUT2D eigenvalue weighted by Crippen LogP contribution is -2.52. The summed E-state index contributed by atoms with van der Waals surface area (Å²) in [7, 11) is 2.25. The molecule has 3 heteroatoms. The van der Waals surface area contributed by atoms with Crippen molar-refractivity contribution in [3.8, 4) is 0 Å². The maximum absolute atomic E-state index is 5.67. The quantitative estimate of drug-likeness (QED) is 0.741. The molecule has 1 saturated heterocycles. The Labute approximate surface area is 107 Å². The van der Waals surface area contributed by atoms with Gasteiger partial charge in [-0.2, -0.15) is 0 Å². The lowest BCUT2D eigenvalue weighted by atomic mass is 10.0. The molecule has 0 spiro atoms. The fourth-order valence-electron chi connectivity index (χ4n) is 2.83. The molecule has 1 fully saturated rings. The lowest BCUT2D eigenvalue weighted by Gasteiger charge is -2.37. The number of hydrogen-bond donors (Lipinski definition) is 1. The second kappa shape index (κ2) is 7.34. The van der Waals surface area contributed by atoms with Crippen LogP contribution in [-0.4, -0.2) is 49.3 Å². The number of ether oxygens (including phenoxy) is 1. The number of hydrogen-bond acceptors (Lipinski definition) is 3. The van der Waals surface area contributed by atoms with Gasteiger partial charge < -0.3 is 10.1 Å². The zero-order valence-corrected chi connectivity index (χ0v) is 12.2. The summed E-state index contributed by atoms with van der Waals surface area (Å²) < 4.78 is 5.67. The van der Waals surface area contributed by atoms with E-state index in [-0.39, 0.29) is 0 Å². The van der Waals surface area contributed by atoms with Crippen LogP contribution in [0.4, 0.5) is 0 Å². The van der Waals surface area contributed by atoms with Crippen molar-refractivity contribution in [3.63, 3.8) is 0 Å². The molecule has 0 aromatic heterocycles. The van der Waals surface area contributed by atoms with E-state index in [1.807, 2.05) is 0 Å². The molecule has 0 aliphatic carbocycles. The molecule has 1 N–H and O–H groups in total. The first-order valence-electron chi connectivity index (χ1n) is 7.18. The van der Waals surface area contributed by atoms with Crippen LogP contribution in [0.2, 0.25) is 0 Å². The first kappa shape index (κ1) is 14.9. The Morgan fingerprint density at radius 2 is 2.12 bits per heavy atom. The van der Waals surface area contributed by atoms with Gasteiger partial charge in [0, 0.05) is 24.7 Å². The monoisotopic (exact) mass is 242 g/mol. The van der Waals surface area contributed by atoms with Crippen LogP contribution in [-0.2, 0) is 4.74 Å². The van der Waals surface area contributed by atoms with Gasteiger partial charge in [-0.15, -0.1) is 0 Å². The molecule has 0 saturated carbocycles. The van der Waals surface area contributed by atoms with E-state index in [9.17, 15) is 0 Å². The molecule has 1 aliphatic heterocycles. The van der Waals surface area contributed by atoms with Crippen LogP contribution in [0.25, 0.3) is 0 Å². The van der Waals surface area contributed by atoms with Crippen molar-refractivity contribution in [2.45, 2.75) is 71.2 Å². The maximum atomic E-state index is 5.67. The minimum Gasteiger partial charge on any atom is -0.377 e. The molecule has 0 radical (unpaired) electrons. The van der Waals surface area contributed by atoms with Gasteiger partial charge in [0.15, 0.2) is 0 Å². The lowest BCUT2D eigenvalue weighted by molar-refractivity contribution is 0.0619. The van der Waals surface area contributed by atoms with Gasteiger partial charge in [-0.1, -0.05) is 13.8 Å². The maximum Gasteiger partial charge on any atom is 0.0703 e. The smallest absolute Gasteiger partial charge is 0.0703 e. The van der Waals surface area contributed by atoms with Crippen molar-refractivity contribution in [1.82, 2.24) is 10.2 Å². The summed E-state index contributed by atoms with van der Waals surface area (Å²) in [5, 5.41) is 3.66. The zero-order chi connectivity index (χ0) is 12.8. The number of nitrogens with zero attached hydrogens (tertiary/aromatic N) is 1. The normalized spacial score (nSPS) is 28.6. The van der Waals surface area contributed by atoms with E-state index in [1.165, 1.54) is 19.3 Å². The Hall–Kier alpha value is -0.120. The van der Waals surface area contributed by atoms with Crippen LogP contribution in [0, 0.1) is 0 Å². The van der Waals surface area contributed by atoms with Crippen molar-refractivity contribution >= 4 is 0 Å². The average Bonchev–Trinajstić information content (AvgIpc) is 2.75. The minimum absolute atomic E-state index is 0.381. The average molecular weight is 242 g/mol. The third kappa shape index (κ3) is 3.94. The summed E-state index contributed by atoms with van der Waals surface area (Å²) in [6.07, 6.45) is 3.95. The zero-order valence-electron chi connectivity index (χ0n) is 12.2. The van der Waals surface area contributed by atoms with Crippen LogP contribution < -0.4 is 5.32 Å². The van der Waals surface area contributed by atoms with Gasteiger partial charge in [0.1, 0.15) is 0 Å². The van der Waals surface area contributed by atoms with Crippen molar-refractivity contribution < 1.29 is 4.74 Å². The van der Waals surface area contributed by atoms with E-state index in [1.54, 1.807) is 0 Å². The van der Waals surface area contributed by atoms with Gasteiger partial charge in [0.2, 0.25) is 0 Å². The molecule has 102 valence electrons. The summed E-state index contributed by atoms with van der Waals surface area (Å²) in [4.78, 5) is 2.51. The second-order valence-corrected chi connectivity index (χ2v) is 5.31. The van der Waals surface area contributed by atoms with E-state index in [2.05, 4.69) is 45.0 Å². The van der Waals surface area contributed by atoms with Crippen molar-refractivity contribution in [2.75, 3.05) is 20.2 Å². The Balaban J connectivity index is 2.50. The van der Waals surface area contributed by atoms with Gasteiger partial charge in [0.25, 0.3) is 0 Å². The second-order valence-electron chi connectivity index (χ2n) is 5.31. The summed E-state index contributed by atoms with van der Waals surface area (Å²) in [6, 6.07) is 1.75. The van der Waals surface area contributed by atoms with E-state index in [0.717, 1.165) is 13.2 Å². The fraction of sp³-hybridized carbons (Fsp3) is 1.00. The van der Waals surface area contributed by atoms with Crippen molar-refractivity contribution in [1.29, 1.82) is 0 Å². The van der Waals surface area contributed by atoms with E-state index >= 15 is 0 Å². The van der Waals surface area contributed by atoms with Crippen LogP contribution in [0.5, 0.6) is 0 Å². The van der Waals surface area contributed by atoms with Gasteiger partial charge in [-0.3, -0.25) is 4.90 Å². The first-order valence-corrected chi connectivity index (χ1v) is 7.18. The number of rotatable bonds is 7. The van der Waals surface area contributed by atoms with Gasteiger partial charge in [-0.05, 0) is 46.7 Å². The van der Waals surface area contributed by atoms with E-state index in [0.29, 0.717) is 24.2 Å². The van der Waals surface area contributed by atoms with Crippen molar-refractivity contribution in [3.05, 3.63) is 0 Å². The van der Waals surface area contributed by atoms with Crippen LogP contribution in [0.1, 0.15) is 47.0 Å². The minimum atomic E-state index is 0.381. The molecule has 1 rings (SSSR count). The SMILES string of the molecule is CCCNC(CC)C(C)N(C)C1CCOC1C. The molecule has 1 aliphatic rings. The summed E-state index contributed by atoms with van der Waals surface area (Å²) in [5.41, 5.74) is 0. The number of likely N-dealkylation sites (N-methyl/N-ethyl adjacent to an activating group) is 1. The molecule has 4 atom stereocenters. The highest BCUT2D eigenvalue weighted by molar-refractivity contribution is 4.87. The molecule has 0 bridgehead atoms. The highest BCUT2D eigenvalue weighted by Crippen LogP contribution is 2.21. The van der Waals surface area contributed by atoms with Crippen LogP contribution in [0.3, 0.4) is 0 Å². The predicted octanol–water partition coefficient (Wildman–Crippen LogP) is 2.26. The third-order valence-corrected chi connectivity index (χ3v) is 4.18. The fourth-order valence-corrected chi connectivity index (χ4v) is 2.83. The molecular formula is C14H30N2O. The predicted molar refractivity (Wildman–Crippen MR) is 73.4 cm³/mol. The molecule has 0 aromatic rings. The third-order valence-electron chi connectivity index (χ3n) is 4.18. The Bertz CT molecular complexity index is 210. The van der Waals surface area contributed by atoms with E-state index in [4.69, 9.17) is 4.74 Å². The Morgan fingerprint density at radius 1 is 1.41 bits per heavy atom. The summed E-state index contributed by atoms with van der Waals surface area (Å²) in [5.74, 6) is 0. The Kier molecular flexibility index (Phi) is 6.45. The summed E-state index contributed by atoms with van der Waals surface area (Å²) >= 11 is 0. The first-order chi connectivity index (χ1) is 8.11. The molecule has 3 nitrogen and oxygen atoms in total. The molecule has 0 aromatic carbocycles. The standard InChI is InChI=1S/C14H30N2O/c1-6-9-15-13(7-2)11(3)16(5)14-8-10-17-12(14)4/h11-15H,6-10H2,1-5H3. The van der Waals surface area contributed by atoms with Crippen LogP contribution in [0.15, 0.2) is 0 Å². The number of nitrogens with one attached hydrogen (secondary N) is 1. The van der Waals surface area contributed by atoms with Gasteiger partial charge in [-0.25, -0.2) is 0 Å². The molecular weight excluding hydrogens is 212 g/mol. The van der Waals surface area contributed by atoms with Crippen LogP contribution >= 0.6 is 0 Å². The molecule has 4 unspecified atom stereocenters. The molecule has 17 heavy (non-hydrogen) atoms. The molecule has 0 amide bonds. The largest absolute Gasteiger partial charge is 0.377 e. The van der Waals surface area contributed by atoms with Gasteiger partial charge in [0.05, 0.1) is 6.10 Å². The van der Waals surface area contributed by atoms with Crippen molar-refractivity contribution in [2.24, 2.45) is 0 Å². The molecule has 1 heterocycles. The highest BCUT2D eigenvalue weighted by atomic mass is 16.5. The highest BCUT2D eigenvalue weighted by Gasteiger charge is 2.32. The van der Waals surface area contributed by atoms with Gasteiger partial charge >= 0.3 is 0 Å².